The fourth-order valence-electron chi connectivity index (χ4n) is 10.8. The standard InChI is InChI=1S/C33H46N2O4/c1-8-33-13-10-20-21(16-29(3,4)17-22(20)28(38)35-9-2)26(33)23(36)14-25-30(5)15-19(18-34)27(37)32(7,39)24(30)11-12-31(25,33)6/h14-15,20-22,24,26,39H,8-13,16-17H2,1-7H3,(H,35,38)/t20?,21-,22-,24?,26+,30+,31-,32+,33-/m1/s1. The summed E-state index contributed by atoms with van der Waals surface area (Å²) in [7, 11) is 0. The summed E-state index contributed by atoms with van der Waals surface area (Å²) in [6.07, 6.45) is 9.52. The van der Waals surface area contributed by atoms with Crippen LogP contribution in [0.4, 0.5) is 0 Å². The predicted molar refractivity (Wildman–Crippen MR) is 149 cm³/mol. The van der Waals surface area contributed by atoms with Crippen molar-refractivity contribution in [2.24, 2.45) is 51.2 Å². The van der Waals surface area contributed by atoms with E-state index in [1.165, 1.54) is 0 Å². The van der Waals surface area contributed by atoms with Crippen LogP contribution in [0.5, 0.6) is 0 Å². The van der Waals surface area contributed by atoms with Crippen LogP contribution in [0.2, 0.25) is 0 Å². The van der Waals surface area contributed by atoms with Crippen molar-refractivity contribution >= 4 is 17.5 Å². The van der Waals surface area contributed by atoms with E-state index in [0.717, 1.165) is 44.1 Å². The third-order valence-electron chi connectivity index (χ3n) is 12.4. The first kappa shape index (κ1) is 28.3. The Bertz CT molecular complexity index is 1220. The third-order valence-corrected chi connectivity index (χ3v) is 12.4. The highest BCUT2D eigenvalue weighted by Gasteiger charge is 2.70. The topological polar surface area (TPSA) is 107 Å². The van der Waals surface area contributed by atoms with Crippen LogP contribution in [0.1, 0.15) is 93.4 Å². The molecule has 9 atom stereocenters. The maximum Gasteiger partial charge on any atom is 0.223 e. The van der Waals surface area contributed by atoms with Crippen molar-refractivity contribution in [1.82, 2.24) is 5.32 Å². The Morgan fingerprint density at radius 3 is 2.38 bits per heavy atom. The van der Waals surface area contributed by atoms with Crippen molar-refractivity contribution in [1.29, 1.82) is 5.26 Å². The maximum absolute atomic E-state index is 14.5. The van der Waals surface area contributed by atoms with Gasteiger partial charge in [0.1, 0.15) is 11.7 Å². The van der Waals surface area contributed by atoms with Crippen LogP contribution in [0, 0.1) is 62.6 Å². The second kappa shape index (κ2) is 8.87. The molecule has 0 bridgehead atoms. The second-order valence-electron chi connectivity index (χ2n) is 14.7. The molecule has 0 aromatic heterocycles. The molecule has 0 aromatic rings. The fraction of sp³-hybridized carbons (Fsp3) is 0.758. The maximum atomic E-state index is 14.5. The van der Waals surface area contributed by atoms with E-state index in [1.807, 2.05) is 26.0 Å². The van der Waals surface area contributed by atoms with Crippen LogP contribution in [0.15, 0.2) is 23.3 Å². The molecule has 5 aliphatic rings. The van der Waals surface area contributed by atoms with E-state index in [-0.39, 0.29) is 63.1 Å². The lowest BCUT2D eigenvalue weighted by atomic mass is 9.35. The van der Waals surface area contributed by atoms with Crippen LogP contribution in [-0.4, -0.2) is 34.7 Å². The SMILES string of the molecule is CCNC(=O)[C@@H]1CC(C)(C)C[C@@H]2C1CC[C@]1(CC)[C@@H]2C(=O)C=C2[C@@]3(C)C=C(C#N)C(=O)[C@@](C)(O)C3CC[C@]21C. The molecule has 39 heavy (non-hydrogen) atoms. The smallest absolute Gasteiger partial charge is 0.223 e. The lowest BCUT2D eigenvalue weighted by Crippen LogP contribution is -2.66. The van der Waals surface area contributed by atoms with Crippen LogP contribution < -0.4 is 5.32 Å². The zero-order valence-electron chi connectivity index (χ0n) is 24.8. The average Bonchev–Trinajstić information content (AvgIpc) is 2.86. The zero-order valence-corrected chi connectivity index (χ0v) is 24.8. The molecule has 0 aliphatic heterocycles. The lowest BCUT2D eigenvalue weighted by molar-refractivity contribution is -0.173. The van der Waals surface area contributed by atoms with Gasteiger partial charge in [0.15, 0.2) is 5.78 Å². The molecule has 1 amide bonds. The average molecular weight is 535 g/mol. The quantitative estimate of drug-likeness (QED) is 0.510. The van der Waals surface area contributed by atoms with Gasteiger partial charge in [0.05, 0.1) is 5.57 Å². The monoisotopic (exact) mass is 534 g/mol. The minimum absolute atomic E-state index is 0.00784. The Morgan fingerprint density at radius 1 is 1.08 bits per heavy atom. The molecule has 5 aliphatic carbocycles. The van der Waals surface area contributed by atoms with E-state index in [9.17, 15) is 24.8 Å². The van der Waals surface area contributed by atoms with Gasteiger partial charge in [0.2, 0.25) is 11.7 Å². The van der Waals surface area contributed by atoms with E-state index in [4.69, 9.17) is 0 Å². The van der Waals surface area contributed by atoms with Gasteiger partial charge in [-0.3, -0.25) is 14.4 Å². The molecular formula is C33H46N2O4. The normalized spacial score (nSPS) is 46.4. The van der Waals surface area contributed by atoms with Gasteiger partial charge in [0, 0.05) is 29.7 Å². The van der Waals surface area contributed by atoms with Gasteiger partial charge in [-0.1, -0.05) is 46.3 Å². The predicted octanol–water partition coefficient (Wildman–Crippen LogP) is 5.31. The van der Waals surface area contributed by atoms with Crippen molar-refractivity contribution in [3.8, 4) is 6.07 Å². The number of hydrogen-bond acceptors (Lipinski definition) is 5. The Morgan fingerprint density at radius 2 is 1.77 bits per heavy atom. The molecule has 6 heteroatoms. The summed E-state index contributed by atoms with van der Waals surface area (Å²) < 4.78 is 0. The van der Waals surface area contributed by atoms with Gasteiger partial charge in [0.25, 0.3) is 0 Å². The van der Waals surface area contributed by atoms with Crippen LogP contribution >= 0.6 is 0 Å². The van der Waals surface area contributed by atoms with E-state index < -0.39 is 16.8 Å². The van der Waals surface area contributed by atoms with Crippen LogP contribution in [-0.2, 0) is 14.4 Å². The molecule has 0 spiro atoms. The number of allylic oxidation sites excluding steroid dienone is 3. The number of rotatable bonds is 3. The summed E-state index contributed by atoms with van der Waals surface area (Å²) in [6, 6.07) is 2.04. The summed E-state index contributed by atoms with van der Waals surface area (Å²) in [5.41, 5.74) is -2.04. The van der Waals surface area contributed by atoms with E-state index in [2.05, 4.69) is 33.0 Å². The molecule has 5 rings (SSSR count). The molecule has 212 valence electrons. The molecule has 0 aromatic carbocycles. The Kier molecular flexibility index (Phi) is 6.43. The lowest BCUT2D eigenvalue weighted by Gasteiger charge is -2.68. The Balaban J connectivity index is 1.67. The second-order valence-corrected chi connectivity index (χ2v) is 14.7. The minimum atomic E-state index is -1.65. The number of nitrogens with zero attached hydrogens (tertiary/aromatic N) is 1. The van der Waals surface area contributed by atoms with Gasteiger partial charge < -0.3 is 10.4 Å². The summed E-state index contributed by atoms with van der Waals surface area (Å²) in [4.78, 5) is 40.8. The number of aliphatic hydroxyl groups is 1. The number of amides is 1. The highest BCUT2D eigenvalue weighted by molar-refractivity contribution is 6.06. The molecule has 2 unspecified atom stereocenters. The minimum Gasteiger partial charge on any atom is -0.382 e. The fourth-order valence-corrected chi connectivity index (χ4v) is 10.8. The molecule has 6 nitrogen and oxygen atoms in total. The van der Waals surface area contributed by atoms with Crippen molar-refractivity contribution in [3.05, 3.63) is 23.3 Å². The van der Waals surface area contributed by atoms with Crippen molar-refractivity contribution in [2.45, 2.75) is 99.0 Å². The summed E-state index contributed by atoms with van der Waals surface area (Å²) in [5.74, 6) is -0.526. The number of carbonyl (C=O) groups excluding carboxylic acids is 3. The first-order valence-electron chi connectivity index (χ1n) is 15.1. The summed E-state index contributed by atoms with van der Waals surface area (Å²) >= 11 is 0. The largest absolute Gasteiger partial charge is 0.382 e. The van der Waals surface area contributed by atoms with Gasteiger partial charge in [-0.05, 0) is 93.0 Å². The van der Waals surface area contributed by atoms with Crippen LogP contribution in [0.3, 0.4) is 0 Å². The third kappa shape index (κ3) is 3.64. The van der Waals surface area contributed by atoms with Crippen molar-refractivity contribution < 1.29 is 19.5 Å². The number of Topliss-reactive ketones (excluding diaryl/α,β-unsaturated/α-hetero) is 1. The van der Waals surface area contributed by atoms with Gasteiger partial charge in [-0.25, -0.2) is 0 Å². The Labute approximate surface area is 233 Å². The van der Waals surface area contributed by atoms with Crippen molar-refractivity contribution in [2.75, 3.05) is 6.54 Å². The highest BCUT2D eigenvalue weighted by Crippen LogP contribution is 2.73. The zero-order chi connectivity index (χ0) is 28.8. The molecule has 3 saturated carbocycles. The number of fused-ring (bicyclic) bond motifs is 7. The Hall–Kier alpha value is -2.26. The first-order chi connectivity index (χ1) is 18.1. The molecule has 2 N–H and O–H groups in total. The summed E-state index contributed by atoms with van der Waals surface area (Å²) in [5, 5.41) is 24.3. The summed E-state index contributed by atoms with van der Waals surface area (Å²) in [6.45, 7) is 15.2. The molecular weight excluding hydrogens is 488 g/mol. The number of carbonyl (C=O) groups is 3. The molecule has 0 radical (unpaired) electrons. The molecule has 0 saturated heterocycles. The number of nitrogens with one attached hydrogen (secondary N) is 1. The number of nitriles is 1. The van der Waals surface area contributed by atoms with Crippen LogP contribution in [0.25, 0.3) is 0 Å². The first-order valence-corrected chi connectivity index (χ1v) is 15.1. The number of hydrogen-bond donors (Lipinski definition) is 2. The highest BCUT2D eigenvalue weighted by atomic mass is 16.3. The van der Waals surface area contributed by atoms with Gasteiger partial charge in [-0.15, -0.1) is 0 Å². The molecule has 3 fully saturated rings. The number of ketones is 2. The molecule has 0 heterocycles. The van der Waals surface area contributed by atoms with Gasteiger partial charge in [-0.2, -0.15) is 5.26 Å². The van der Waals surface area contributed by atoms with E-state index in [0.29, 0.717) is 13.0 Å². The van der Waals surface area contributed by atoms with Crippen molar-refractivity contribution in [3.63, 3.8) is 0 Å². The van der Waals surface area contributed by atoms with E-state index >= 15 is 0 Å². The van der Waals surface area contributed by atoms with E-state index in [1.54, 1.807) is 13.0 Å². The van der Waals surface area contributed by atoms with Gasteiger partial charge >= 0.3 is 0 Å².